The van der Waals surface area contributed by atoms with E-state index < -0.39 is 0 Å². The highest BCUT2D eigenvalue weighted by atomic mass is 79.9. The molecule has 0 atom stereocenters. The Labute approximate surface area is 78.2 Å². The van der Waals surface area contributed by atoms with Crippen molar-refractivity contribution in [1.82, 2.24) is 0 Å². The van der Waals surface area contributed by atoms with Crippen LogP contribution in [0.5, 0.6) is 5.75 Å². The zero-order chi connectivity index (χ0) is 8.55. The molecule has 0 aliphatic carbocycles. The summed E-state index contributed by atoms with van der Waals surface area (Å²) in [5.41, 5.74) is 0.798. The van der Waals surface area contributed by atoms with Crippen LogP contribution in [0.4, 0.5) is 0 Å². The van der Waals surface area contributed by atoms with Gasteiger partial charge in [0.2, 0.25) is 5.75 Å². The third-order valence-electron chi connectivity index (χ3n) is 1.74. The van der Waals surface area contributed by atoms with Crippen LogP contribution in [0.1, 0.15) is 0 Å². The van der Waals surface area contributed by atoms with E-state index in [1.165, 1.54) is 0 Å². The fourth-order valence-electron chi connectivity index (χ4n) is 1.13. The Morgan fingerprint density at radius 2 is 2.00 bits per heavy atom. The molecule has 3 heteroatoms. The maximum absolute atomic E-state index is 9.59. The lowest BCUT2D eigenvalue weighted by molar-refractivity contribution is -0.512. The van der Waals surface area contributed by atoms with E-state index >= 15 is 0 Å². The molecule has 2 heterocycles. The minimum absolute atomic E-state index is 0.276. The van der Waals surface area contributed by atoms with Crippen molar-refractivity contribution in [2.75, 3.05) is 0 Å². The highest BCUT2D eigenvalue weighted by Gasteiger charge is 2.09. The summed E-state index contributed by atoms with van der Waals surface area (Å²) in [6.07, 6.45) is 3.78. The second-order valence-electron chi connectivity index (χ2n) is 2.51. The van der Waals surface area contributed by atoms with Crippen LogP contribution >= 0.6 is 15.9 Å². The largest absolute Gasteiger partial charge is 0.501 e. The highest BCUT2D eigenvalue weighted by Crippen LogP contribution is 2.24. The first-order valence-corrected chi connectivity index (χ1v) is 4.36. The fourth-order valence-corrected chi connectivity index (χ4v) is 1.46. The number of aromatic nitrogens is 1. The summed E-state index contributed by atoms with van der Waals surface area (Å²) < 4.78 is 2.58. The van der Waals surface area contributed by atoms with E-state index in [9.17, 15) is 5.11 Å². The molecule has 0 radical (unpaired) electrons. The minimum Gasteiger partial charge on any atom is -0.501 e. The van der Waals surface area contributed by atoms with Crippen LogP contribution in [0.15, 0.2) is 41.1 Å². The van der Waals surface area contributed by atoms with Crippen LogP contribution in [-0.4, -0.2) is 5.11 Å². The van der Waals surface area contributed by atoms with Crippen LogP contribution < -0.4 is 4.40 Å². The van der Waals surface area contributed by atoms with Crippen molar-refractivity contribution in [3.8, 4) is 5.75 Å². The molecule has 2 aromatic heterocycles. The molecule has 2 rings (SSSR count). The molecule has 0 aliphatic heterocycles. The van der Waals surface area contributed by atoms with Gasteiger partial charge in [-0.3, -0.25) is 0 Å². The molecule has 1 N–H and O–H groups in total. The molecule has 0 aliphatic rings. The third kappa shape index (κ3) is 1.06. The molecule has 12 heavy (non-hydrogen) atoms. The van der Waals surface area contributed by atoms with Crippen molar-refractivity contribution in [3.63, 3.8) is 0 Å². The zero-order valence-corrected chi connectivity index (χ0v) is 7.82. The Hall–Kier alpha value is -1.09. The number of fused-ring (bicyclic) bond motifs is 1. The van der Waals surface area contributed by atoms with Crippen molar-refractivity contribution in [2.24, 2.45) is 0 Å². The lowest BCUT2D eigenvalue weighted by Gasteiger charge is -1.95. The zero-order valence-electron chi connectivity index (χ0n) is 6.24. The van der Waals surface area contributed by atoms with E-state index in [0.29, 0.717) is 4.47 Å². The van der Waals surface area contributed by atoms with E-state index in [1.54, 1.807) is 0 Å². The first-order valence-electron chi connectivity index (χ1n) is 3.56. The van der Waals surface area contributed by atoms with Gasteiger partial charge < -0.3 is 5.11 Å². The first-order chi connectivity index (χ1) is 5.79. The summed E-state index contributed by atoms with van der Waals surface area (Å²) in [5.74, 6) is 0.276. The van der Waals surface area contributed by atoms with Gasteiger partial charge in [0.05, 0.1) is 4.47 Å². The van der Waals surface area contributed by atoms with E-state index in [4.69, 9.17) is 0 Å². The number of hydrogen-bond acceptors (Lipinski definition) is 1. The molecular weight excluding hydrogens is 218 g/mol. The van der Waals surface area contributed by atoms with Crippen LogP contribution in [-0.2, 0) is 0 Å². The molecule has 0 unspecified atom stereocenters. The van der Waals surface area contributed by atoms with Gasteiger partial charge in [0, 0.05) is 18.2 Å². The summed E-state index contributed by atoms with van der Waals surface area (Å²) in [7, 11) is 0. The van der Waals surface area contributed by atoms with E-state index in [1.807, 2.05) is 41.1 Å². The standard InChI is InChI=1S/C9H6BrNO/c10-7-4-6-11-5-2-1-3-8(11)9(7)12/h1-6H/p+1. The number of halogens is 1. The number of pyridine rings is 2. The average Bonchev–Trinajstić information content (AvgIpc) is 2.12. The van der Waals surface area contributed by atoms with E-state index in [2.05, 4.69) is 15.9 Å². The second-order valence-corrected chi connectivity index (χ2v) is 3.36. The van der Waals surface area contributed by atoms with Gasteiger partial charge in [-0.2, -0.15) is 4.40 Å². The van der Waals surface area contributed by atoms with E-state index in [-0.39, 0.29) is 5.75 Å². The third-order valence-corrected chi connectivity index (χ3v) is 2.38. The molecule has 2 nitrogen and oxygen atoms in total. The van der Waals surface area contributed by atoms with Gasteiger partial charge in [-0.1, -0.05) is 0 Å². The smallest absolute Gasteiger partial charge is 0.253 e. The fraction of sp³-hybridized carbons (Fsp3) is 0. The van der Waals surface area contributed by atoms with Crippen molar-refractivity contribution in [1.29, 1.82) is 0 Å². The molecule has 0 spiro atoms. The van der Waals surface area contributed by atoms with Gasteiger partial charge in [0.25, 0.3) is 5.52 Å². The molecule has 0 aromatic carbocycles. The lowest BCUT2D eigenvalue weighted by Crippen LogP contribution is -2.19. The predicted molar refractivity (Wildman–Crippen MR) is 49.0 cm³/mol. The summed E-state index contributed by atoms with van der Waals surface area (Å²) in [6, 6.07) is 7.48. The number of hydrogen-bond donors (Lipinski definition) is 1. The molecular formula is C9H7BrNO+. The van der Waals surface area contributed by atoms with Gasteiger partial charge in [-0.05, 0) is 22.0 Å². The molecule has 0 amide bonds. The van der Waals surface area contributed by atoms with Crippen LogP contribution in [0.2, 0.25) is 0 Å². The highest BCUT2D eigenvalue weighted by molar-refractivity contribution is 9.10. The molecule has 0 saturated heterocycles. The average molecular weight is 225 g/mol. The Kier molecular flexibility index (Phi) is 1.73. The number of rotatable bonds is 0. The van der Waals surface area contributed by atoms with E-state index in [0.717, 1.165) is 5.52 Å². The molecule has 0 fully saturated rings. The summed E-state index contributed by atoms with van der Waals surface area (Å²) in [6.45, 7) is 0. The molecule has 0 saturated carbocycles. The Morgan fingerprint density at radius 3 is 2.83 bits per heavy atom. The van der Waals surface area contributed by atoms with Gasteiger partial charge in [-0.25, -0.2) is 0 Å². The maximum atomic E-state index is 9.59. The minimum atomic E-state index is 0.276. The van der Waals surface area contributed by atoms with Crippen LogP contribution in [0.25, 0.3) is 5.52 Å². The van der Waals surface area contributed by atoms with Gasteiger partial charge in [0.1, 0.15) is 0 Å². The topological polar surface area (TPSA) is 24.3 Å². The normalized spacial score (nSPS) is 10.4. The summed E-state index contributed by atoms with van der Waals surface area (Å²) in [4.78, 5) is 0. The van der Waals surface area contributed by atoms with Crippen molar-refractivity contribution >= 4 is 21.4 Å². The van der Waals surface area contributed by atoms with Gasteiger partial charge in [-0.15, -0.1) is 0 Å². The Morgan fingerprint density at radius 1 is 1.17 bits per heavy atom. The first kappa shape index (κ1) is 7.55. The summed E-state index contributed by atoms with van der Waals surface area (Å²) >= 11 is 3.25. The number of nitrogens with zero attached hydrogens (tertiary/aromatic N) is 1. The Bertz CT molecular complexity index is 428. The van der Waals surface area contributed by atoms with Gasteiger partial charge >= 0.3 is 0 Å². The summed E-state index contributed by atoms with van der Waals surface area (Å²) in [5, 5.41) is 9.59. The van der Waals surface area contributed by atoms with Crippen LogP contribution in [0.3, 0.4) is 0 Å². The van der Waals surface area contributed by atoms with Gasteiger partial charge in [0.15, 0.2) is 12.4 Å². The molecule has 60 valence electrons. The SMILES string of the molecule is Oc1c(Br)cc[n+]2ccccc12. The molecule has 2 aromatic rings. The van der Waals surface area contributed by atoms with Crippen molar-refractivity contribution < 1.29 is 9.51 Å². The number of aromatic hydroxyl groups is 1. The van der Waals surface area contributed by atoms with Crippen molar-refractivity contribution in [3.05, 3.63) is 41.1 Å². The quantitative estimate of drug-likeness (QED) is 0.680. The molecule has 0 bridgehead atoms. The predicted octanol–water partition coefficient (Wildman–Crippen LogP) is 1.89. The second kappa shape index (κ2) is 2.75. The Balaban J connectivity index is 2.91. The monoisotopic (exact) mass is 224 g/mol. The lowest BCUT2D eigenvalue weighted by atomic mass is 10.3. The maximum Gasteiger partial charge on any atom is 0.253 e. The van der Waals surface area contributed by atoms with Crippen LogP contribution in [0, 0.1) is 0 Å². The van der Waals surface area contributed by atoms with Crippen molar-refractivity contribution in [2.45, 2.75) is 0 Å².